The third-order valence-electron chi connectivity index (χ3n) is 2.78. The fraction of sp³-hybridized carbons (Fsp3) is 0.167. The van der Waals surface area contributed by atoms with Crippen LogP contribution >= 0.6 is 0 Å². The molecule has 6 nitrogen and oxygen atoms in total. The number of aryl methyl sites for hydroxylation is 2. The zero-order chi connectivity index (χ0) is 14.0. The SMILES string of the molecule is Cc1ccc(S(=O)(=O)Nc2[nH]ncc2C#N)cc1C. The number of benzene rings is 1. The van der Waals surface area contributed by atoms with Gasteiger partial charge in [-0.2, -0.15) is 10.4 Å². The molecule has 0 aliphatic rings. The Morgan fingerprint density at radius 1 is 1.32 bits per heavy atom. The molecule has 0 bridgehead atoms. The van der Waals surface area contributed by atoms with Gasteiger partial charge in [-0.1, -0.05) is 6.07 Å². The van der Waals surface area contributed by atoms with E-state index < -0.39 is 10.0 Å². The lowest BCUT2D eigenvalue weighted by molar-refractivity contribution is 0.601. The van der Waals surface area contributed by atoms with E-state index in [1.807, 2.05) is 19.9 Å². The summed E-state index contributed by atoms with van der Waals surface area (Å²) in [4.78, 5) is 0.147. The minimum Gasteiger partial charge on any atom is -0.263 e. The maximum atomic E-state index is 12.2. The van der Waals surface area contributed by atoms with E-state index in [9.17, 15) is 8.42 Å². The number of nitriles is 1. The van der Waals surface area contributed by atoms with E-state index in [-0.39, 0.29) is 16.3 Å². The largest absolute Gasteiger partial charge is 0.263 e. The Morgan fingerprint density at radius 3 is 2.68 bits per heavy atom. The van der Waals surface area contributed by atoms with Crippen LogP contribution in [0.4, 0.5) is 5.82 Å². The second-order valence-corrected chi connectivity index (χ2v) is 5.80. The van der Waals surface area contributed by atoms with Crippen LogP contribution in [0.25, 0.3) is 0 Å². The number of rotatable bonds is 3. The predicted molar refractivity (Wildman–Crippen MR) is 70.0 cm³/mol. The summed E-state index contributed by atoms with van der Waals surface area (Å²) in [6.45, 7) is 3.74. The lowest BCUT2D eigenvalue weighted by atomic mass is 10.1. The van der Waals surface area contributed by atoms with Crippen LogP contribution in [0.5, 0.6) is 0 Å². The minimum atomic E-state index is -3.73. The molecule has 19 heavy (non-hydrogen) atoms. The highest BCUT2D eigenvalue weighted by Crippen LogP contribution is 2.19. The maximum absolute atomic E-state index is 12.2. The Labute approximate surface area is 111 Å². The number of hydrogen-bond donors (Lipinski definition) is 2. The highest BCUT2D eigenvalue weighted by Gasteiger charge is 2.17. The smallest absolute Gasteiger partial charge is 0.263 e. The van der Waals surface area contributed by atoms with Gasteiger partial charge >= 0.3 is 0 Å². The van der Waals surface area contributed by atoms with Crippen LogP contribution < -0.4 is 4.72 Å². The Bertz CT molecular complexity index is 756. The van der Waals surface area contributed by atoms with E-state index in [4.69, 9.17) is 5.26 Å². The van der Waals surface area contributed by atoms with Gasteiger partial charge in [0.05, 0.1) is 11.1 Å². The first kappa shape index (κ1) is 13.1. The van der Waals surface area contributed by atoms with Gasteiger partial charge in [-0.3, -0.25) is 9.82 Å². The molecule has 1 heterocycles. The summed E-state index contributed by atoms with van der Waals surface area (Å²) in [5.41, 5.74) is 2.04. The van der Waals surface area contributed by atoms with Crippen LogP contribution in [-0.4, -0.2) is 18.6 Å². The molecule has 0 spiro atoms. The first-order chi connectivity index (χ1) is 8.94. The summed E-state index contributed by atoms with van der Waals surface area (Å²) in [6, 6.07) is 6.69. The Morgan fingerprint density at radius 2 is 2.05 bits per heavy atom. The van der Waals surface area contributed by atoms with E-state index in [0.717, 1.165) is 11.1 Å². The van der Waals surface area contributed by atoms with Crippen LogP contribution in [0, 0.1) is 25.2 Å². The molecule has 0 saturated carbocycles. The summed E-state index contributed by atoms with van der Waals surface area (Å²) < 4.78 is 26.6. The van der Waals surface area contributed by atoms with Crippen molar-refractivity contribution in [1.29, 1.82) is 5.26 Å². The van der Waals surface area contributed by atoms with Gasteiger partial charge in [0.2, 0.25) is 0 Å². The van der Waals surface area contributed by atoms with Gasteiger partial charge in [0.15, 0.2) is 5.82 Å². The molecule has 0 radical (unpaired) electrons. The molecule has 98 valence electrons. The monoisotopic (exact) mass is 276 g/mol. The summed E-state index contributed by atoms with van der Waals surface area (Å²) >= 11 is 0. The molecule has 2 N–H and O–H groups in total. The van der Waals surface area contributed by atoms with Crippen LogP contribution in [0.15, 0.2) is 29.3 Å². The van der Waals surface area contributed by atoms with Gasteiger partial charge in [-0.15, -0.1) is 0 Å². The van der Waals surface area contributed by atoms with Crippen LogP contribution in [0.1, 0.15) is 16.7 Å². The van der Waals surface area contributed by atoms with Crippen LogP contribution in [-0.2, 0) is 10.0 Å². The average Bonchev–Trinajstić information content (AvgIpc) is 2.79. The highest BCUT2D eigenvalue weighted by molar-refractivity contribution is 7.92. The average molecular weight is 276 g/mol. The summed E-state index contributed by atoms with van der Waals surface area (Å²) in [5.74, 6) is 0.0701. The van der Waals surface area contributed by atoms with Gasteiger partial charge in [-0.25, -0.2) is 8.42 Å². The van der Waals surface area contributed by atoms with E-state index in [1.54, 1.807) is 12.1 Å². The summed E-state index contributed by atoms with van der Waals surface area (Å²) in [7, 11) is -3.73. The van der Waals surface area contributed by atoms with Crippen molar-refractivity contribution in [3.63, 3.8) is 0 Å². The molecule has 0 aliphatic carbocycles. The van der Waals surface area contributed by atoms with Gasteiger partial charge in [-0.05, 0) is 37.1 Å². The van der Waals surface area contributed by atoms with Gasteiger partial charge < -0.3 is 0 Å². The number of sulfonamides is 1. The molecule has 1 aromatic heterocycles. The molecule has 1 aromatic carbocycles. The Kier molecular flexibility index (Phi) is 3.27. The molecule has 0 saturated heterocycles. The van der Waals surface area contributed by atoms with E-state index >= 15 is 0 Å². The van der Waals surface area contributed by atoms with Crippen LogP contribution in [0.2, 0.25) is 0 Å². The molecule has 7 heteroatoms. The van der Waals surface area contributed by atoms with Crippen molar-refractivity contribution in [2.45, 2.75) is 18.7 Å². The van der Waals surface area contributed by atoms with Crippen molar-refractivity contribution in [1.82, 2.24) is 10.2 Å². The third-order valence-corrected chi connectivity index (χ3v) is 4.13. The second kappa shape index (κ2) is 4.74. The van der Waals surface area contributed by atoms with Crippen molar-refractivity contribution in [2.24, 2.45) is 0 Å². The van der Waals surface area contributed by atoms with Crippen molar-refractivity contribution in [2.75, 3.05) is 4.72 Å². The van der Waals surface area contributed by atoms with Gasteiger partial charge in [0.1, 0.15) is 11.6 Å². The van der Waals surface area contributed by atoms with Crippen molar-refractivity contribution in [3.05, 3.63) is 41.1 Å². The minimum absolute atomic E-state index is 0.0701. The fourth-order valence-corrected chi connectivity index (χ4v) is 2.64. The van der Waals surface area contributed by atoms with Gasteiger partial charge in [0.25, 0.3) is 10.0 Å². The van der Waals surface area contributed by atoms with Crippen LogP contribution in [0.3, 0.4) is 0 Å². The number of nitrogens with zero attached hydrogens (tertiary/aromatic N) is 2. The predicted octanol–water partition coefficient (Wildman–Crippen LogP) is 1.70. The zero-order valence-corrected chi connectivity index (χ0v) is 11.2. The fourth-order valence-electron chi connectivity index (χ4n) is 1.52. The quantitative estimate of drug-likeness (QED) is 0.891. The standard InChI is InChI=1S/C12H12N4O2S/c1-8-3-4-11(5-9(8)2)19(17,18)16-12-10(6-13)7-14-15-12/h3-5,7H,1-2H3,(H2,14,15,16). The molecule has 2 aromatic rings. The van der Waals surface area contributed by atoms with Crippen molar-refractivity contribution < 1.29 is 8.42 Å². The Balaban J connectivity index is 2.38. The number of H-pyrrole nitrogens is 1. The lowest BCUT2D eigenvalue weighted by Crippen LogP contribution is -2.14. The molecule has 0 amide bonds. The first-order valence-corrected chi connectivity index (χ1v) is 6.96. The summed E-state index contributed by atoms with van der Waals surface area (Å²) in [5, 5.41) is 14.9. The highest BCUT2D eigenvalue weighted by atomic mass is 32.2. The molecule has 2 rings (SSSR count). The van der Waals surface area contributed by atoms with E-state index in [1.165, 1.54) is 12.3 Å². The number of anilines is 1. The first-order valence-electron chi connectivity index (χ1n) is 5.47. The van der Waals surface area contributed by atoms with E-state index in [0.29, 0.717) is 0 Å². The number of aromatic amines is 1. The van der Waals surface area contributed by atoms with Crippen molar-refractivity contribution >= 4 is 15.8 Å². The zero-order valence-electron chi connectivity index (χ0n) is 10.4. The topological polar surface area (TPSA) is 98.6 Å². The third kappa shape index (κ3) is 2.58. The molecular weight excluding hydrogens is 264 g/mol. The Hall–Kier alpha value is -2.33. The summed E-state index contributed by atoms with van der Waals surface area (Å²) in [6.07, 6.45) is 1.26. The lowest BCUT2D eigenvalue weighted by Gasteiger charge is -2.08. The molecular formula is C12H12N4O2S. The van der Waals surface area contributed by atoms with Gasteiger partial charge in [0, 0.05) is 0 Å². The number of nitrogens with one attached hydrogen (secondary N) is 2. The maximum Gasteiger partial charge on any atom is 0.263 e. The van der Waals surface area contributed by atoms with E-state index in [2.05, 4.69) is 14.9 Å². The second-order valence-electron chi connectivity index (χ2n) is 4.12. The normalized spacial score (nSPS) is 11.0. The molecule has 0 fully saturated rings. The van der Waals surface area contributed by atoms with Crippen molar-refractivity contribution in [3.8, 4) is 6.07 Å². The number of hydrogen-bond acceptors (Lipinski definition) is 4. The molecule has 0 atom stereocenters. The molecule has 0 unspecified atom stereocenters. The molecule has 0 aliphatic heterocycles. The number of aromatic nitrogens is 2.